The molecule has 1 aromatic heterocycles. The Hall–Kier alpha value is -2.68. The van der Waals surface area contributed by atoms with Gasteiger partial charge in [-0.15, -0.1) is 5.10 Å². The van der Waals surface area contributed by atoms with Crippen molar-refractivity contribution in [2.75, 3.05) is 25.1 Å². The topological polar surface area (TPSA) is 99.6 Å². The van der Waals surface area contributed by atoms with Crippen molar-refractivity contribution in [2.24, 2.45) is 0 Å². The highest BCUT2D eigenvalue weighted by molar-refractivity contribution is 7.07. The van der Waals surface area contributed by atoms with Crippen molar-refractivity contribution < 1.29 is 23.8 Å². The van der Waals surface area contributed by atoms with E-state index in [9.17, 15) is 9.59 Å². The normalized spacial score (nSPS) is 12.6. The number of benzene rings is 1. The van der Waals surface area contributed by atoms with Gasteiger partial charge in [0.15, 0.2) is 23.0 Å². The monoisotopic (exact) mass is 335 g/mol. The molecule has 1 aliphatic rings. The van der Waals surface area contributed by atoms with Gasteiger partial charge in [0.05, 0.1) is 5.69 Å². The number of fused-ring (bicyclic) bond motifs is 1. The van der Waals surface area contributed by atoms with Gasteiger partial charge >= 0.3 is 5.97 Å². The lowest BCUT2D eigenvalue weighted by Crippen LogP contribution is -2.21. The molecule has 0 aliphatic carbocycles. The molecular formula is C14H13N3O5S. The van der Waals surface area contributed by atoms with Crippen LogP contribution in [-0.4, -0.2) is 41.3 Å². The molecule has 3 rings (SSSR count). The SMILES string of the molecule is Cc1nnsc1C(=O)OCC(=O)Nc1ccc2c(c1)OCCO2. The summed E-state index contributed by atoms with van der Waals surface area (Å²) in [5.41, 5.74) is 1.01. The van der Waals surface area contributed by atoms with Crippen molar-refractivity contribution in [1.82, 2.24) is 9.59 Å². The van der Waals surface area contributed by atoms with E-state index in [0.717, 1.165) is 11.5 Å². The van der Waals surface area contributed by atoms with E-state index in [1.807, 2.05) is 0 Å². The zero-order chi connectivity index (χ0) is 16.2. The lowest BCUT2D eigenvalue weighted by molar-refractivity contribution is -0.119. The molecule has 2 heterocycles. The first kappa shape index (κ1) is 15.2. The van der Waals surface area contributed by atoms with E-state index in [1.54, 1.807) is 25.1 Å². The second-order valence-corrected chi connectivity index (χ2v) is 5.42. The van der Waals surface area contributed by atoms with Crippen LogP contribution < -0.4 is 14.8 Å². The molecule has 0 radical (unpaired) electrons. The third kappa shape index (κ3) is 3.57. The second-order valence-electron chi connectivity index (χ2n) is 4.67. The lowest BCUT2D eigenvalue weighted by atomic mass is 10.2. The first-order valence-corrected chi connectivity index (χ1v) is 7.56. The molecule has 0 unspecified atom stereocenters. The summed E-state index contributed by atoms with van der Waals surface area (Å²) in [6.07, 6.45) is 0. The summed E-state index contributed by atoms with van der Waals surface area (Å²) in [5.74, 6) is 0.131. The second kappa shape index (κ2) is 6.61. The van der Waals surface area contributed by atoms with E-state index >= 15 is 0 Å². The molecule has 23 heavy (non-hydrogen) atoms. The van der Waals surface area contributed by atoms with Gasteiger partial charge in [-0.2, -0.15) is 0 Å². The van der Waals surface area contributed by atoms with Crippen LogP contribution in [0.3, 0.4) is 0 Å². The molecule has 0 spiro atoms. The van der Waals surface area contributed by atoms with Crippen molar-refractivity contribution in [1.29, 1.82) is 0 Å². The van der Waals surface area contributed by atoms with E-state index in [1.165, 1.54) is 0 Å². The molecule has 1 N–H and O–H groups in total. The van der Waals surface area contributed by atoms with Crippen molar-refractivity contribution in [2.45, 2.75) is 6.92 Å². The molecule has 8 nitrogen and oxygen atoms in total. The molecule has 1 amide bonds. The van der Waals surface area contributed by atoms with Gasteiger partial charge < -0.3 is 19.5 Å². The summed E-state index contributed by atoms with van der Waals surface area (Å²) in [5, 5.41) is 6.34. The molecule has 0 atom stereocenters. The number of rotatable bonds is 4. The van der Waals surface area contributed by atoms with Gasteiger partial charge in [0, 0.05) is 11.8 Å². The molecule has 9 heteroatoms. The Bertz CT molecular complexity index is 746. The zero-order valence-electron chi connectivity index (χ0n) is 12.2. The van der Waals surface area contributed by atoms with Crippen LogP contribution in [0.25, 0.3) is 0 Å². The van der Waals surface area contributed by atoms with Crippen LogP contribution in [0.1, 0.15) is 15.4 Å². The van der Waals surface area contributed by atoms with Crippen LogP contribution in [0.4, 0.5) is 5.69 Å². The van der Waals surface area contributed by atoms with Crippen LogP contribution >= 0.6 is 11.5 Å². The molecule has 1 aliphatic heterocycles. The van der Waals surface area contributed by atoms with Crippen molar-refractivity contribution in [3.8, 4) is 11.5 Å². The van der Waals surface area contributed by atoms with Crippen LogP contribution in [-0.2, 0) is 9.53 Å². The largest absolute Gasteiger partial charge is 0.486 e. The third-order valence-corrected chi connectivity index (χ3v) is 3.81. The third-order valence-electron chi connectivity index (χ3n) is 3.00. The summed E-state index contributed by atoms with van der Waals surface area (Å²) in [7, 11) is 0. The number of hydrogen-bond donors (Lipinski definition) is 1. The fourth-order valence-corrected chi connectivity index (χ4v) is 2.49. The van der Waals surface area contributed by atoms with Crippen LogP contribution in [0.5, 0.6) is 11.5 Å². The minimum atomic E-state index is -0.616. The predicted octanol–water partition coefficient (Wildman–Crippen LogP) is 1.41. The Balaban J connectivity index is 1.55. The number of hydrogen-bond acceptors (Lipinski definition) is 8. The maximum Gasteiger partial charge on any atom is 0.352 e. The summed E-state index contributed by atoms with van der Waals surface area (Å²) >= 11 is 0.931. The van der Waals surface area contributed by atoms with Crippen molar-refractivity contribution >= 4 is 29.1 Å². The molecule has 0 bridgehead atoms. The molecule has 120 valence electrons. The Morgan fingerprint density at radius 1 is 1.30 bits per heavy atom. The fraction of sp³-hybridized carbons (Fsp3) is 0.286. The number of carbonyl (C=O) groups excluding carboxylic acids is 2. The highest BCUT2D eigenvalue weighted by Crippen LogP contribution is 2.32. The summed E-state index contributed by atoms with van der Waals surface area (Å²) < 4.78 is 19.4. The molecular weight excluding hydrogens is 322 g/mol. The van der Waals surface area contributed by atoms with E-state index < -0.39 is 18.5 Å². The van der Waals surface area contributed by atoms with Gasteiger partial charge in [0.1, 0.15) is 13.2 Å². The zero-order valence-corrected chi connectivity index (χ0v) is 13.0. The number of ether oxygens (including phenoxy) is 3. The number of esters is 1. The van der Waals surface area contributed by atoms with Gasteiger partial charge in [0.2, 0.25) is 0 Å². The van der Waals surface area contributed by atoms with Gasteiger partial charge in [-0.3, -0.25) is 4.79 Å². The quantitative estimate of drug-likeness (QED) is 0.843. The first-order valence-electron chi connectivity index (χ1n) is 6.79. The average Bonchev–Trinajstić information content (AvgIpc) is 2.98. The smallest absolute Gasteiger partial charge is 0.352 e. The van der Waals surface area contributed by atoms with Gasteiger partial charge in [-0.25, -0.2) is 4.79 Å². The Labute approximate surface area is 135 Å². The number of amides is 1. The Morgan fingerprint density at radius 3 is 2.83 bits per heavy atom. The fourth-order valence-electron chi connectivity index (χ4n) is 1.93. The lowest BCUT2D eigenvalue weighted by Gasteiger charge is -2.18. The number of anilines is 1. The highest BCUT2D eigenvalue weighted by atomic mass is 32.1. The minimum Gasteiger partial charge on any atom is -0.486 e. The van der Waals surface area contributed by atoms with Crippen LogP contribution in [0, 0.1) is 6.92 Å². The predicted molar refractivity (Wildman–Crippen MR) is 81.0 cm³/mol. The van der Waals surface area contributed by atoms with E-state index in [2.05, 4.69) is 14.9 Å². The Morgan fingerprint density at radius 2 is 2.09 bits per heavy atom. The van der Waals surface area contributed by atoms with Gasteiger partial charge in [-0.1, -0.05) is 4.49 Å². The Kier molecular flexibility index (Phi) is 4.38. The van der Waals surface area contributed by atoms with E-state index in [0.29, 0.717) is 36.1 Å². The average molecular weight is 335 g/mol. The maximum absolute atomic E-state index is 11.9. The van der Waals surface area contributed by atoms with E-state index in [4.69, 9.17) is 14.2 Å². The van der Waals surface area contributed by atoms with Crippen LogP contribution in [0.15, 0.2) is 18.2 Å². The van der Waals surface area contributed by atoms with Gasteiger partial charge in [0.25, 0.3) is 5.91 Å². The summed E-state index contributed by atoms with van der Waals surface area (Å²) in [4.78, 5) is 23.9. The molecule has 2 aromatic rings. The minimum absolute atomic E-state index is 0.289. The first-order chi connectivity index (χ1) is 11.1. The number of carbonyl (C=O) groups is 2. The van der Waals surface area contributed by atoms with E-state index in [-0.39, 0.29) is 4.88 Å². The summed E-state index contributed by atoms with van der Waals surface area (Å²) in [6, 6.07) is 5.05. The van der Waals surface area contributed by atoms with Crippen LogP contribution in [0.2, 0.25) is 0 Å². The van der Waals surface area contributed by atoms with Crippen molar-refractivity contribution in [3.63, 3.8) is 0 Å². The summed E-state index contributed by atoms with van der Waals surface area (Å²) in [6.45, 7) is 2.21. The number of aryl methyl sites for hydroxylation is 1. The van der Waals surface area contributed by atoms with Gasteiger partial charge in [-0.05, 0) is 30.6 Å². The highest BCUT2D eigenvalue weighted by Gasteiger charge is 2.17. The molecule has 0 fully saturated rings. The molecule has 0 saturated heterocycles. The number of nitrogens with zero attached hydrogens (tertiary/aromatic N) is 2. The number of aromatic nitrogens is 2. The molecule has 1 aromatic carbocycles. The standard InChI is InChI=1S/C14H13N3O5S/c1-8-13(23-17-16-8)14(19)22-7-12(18)15-9-2-3-10-11(6-9)21-5-4-20-10/h2-3,6H,4-5,7H2,1H3,(H,15,18). The van der Waals surface area contributed by atoms with Crippen molar-refractivity contribution in [3.05, 3.63) is 28.8 Å². The number of nitrogens with one attached hydrogen (secondary N) is 1. The molecule has 0 saturated carbocycles. The maximum atomic E-state index is 11.9.